The van der Waals surface area contributed by atoms with Crippen LogP contribution in [0, 0.1) is 5.41 Å². The molecule has 0 atom stereocenters. The molecule has 1 aliphatic carbocycles. The second-order valence-electron chi connectivity index (χ2n) is 4.67. The van der Waals surface area contributed by atoms with E-state index in [0.717, 1.165) is 12.2 Å². The molecule has 1 aromatic rings. The smallest absolute Gasteiger partial charge is 0.269 e. The fourth-order valence-electron chi connectivity index (χ4n) is 1.48. The molecule has 0 spiro atoms. The largest absolute Gasteiger partial charge is 0.388 e. The molecular weight excluding hydrogens is 202 g/mol. The van der Waals surface area contributed by atoms with E-state index in [9.17, 15) is 4.79 Å². The zero-order valence-corrected chi connectivity index (χ0v) is 9.71. The van der Waals surface area contributed by atoms with Gasteiger partial charge in [-0.1, -0.05) is 6.92 Å². The minimum Gasteiger partial charge on any atom is -0.388 e. The van der Waals surface area contributed by atoms with Crippen molar-refractivity contribution in [2.75, 3.05) is 18.9 Å². The molecule has 2 N–H and O–H groups in total. The van der Waals surface area contributed by atoms with Crippen molar-refractivity contribution in [2.24, 2.45) is 5.41 Å². The first-order valence-electron chi connectivity index (χ1n) is 5.55. The Balaban J connectivity index is 1.97. The average Bonchev–Trinajstić information content (AvgIpc) is 3.05. The SMILES string of the molecule is CNc1ccnc(C(=O)NCC2(C)CC2)c1. The second kappa shape index (κ2) is 4.12. The Kier molecular flexibility index (Phi) is 2.81. The van der Waals surface area contributed by atoms with Crippen molar-refractivity contribution in [2.45, 2.75) is 19.8 Å². The third kappa shape index (κ3) is 2.51. The number of carbonyl (C=O) groups excluding carboxylic acids is 1. The summed E-state index contributed by atoms with van der Waals surface area (Å²) in [7, 11) is 1.82. The van der Waals surface area contributed by atoms with Gasteiger partial charge in [-0.2, -0.15) is 0 Å². The first-order chi connectivity index (χ1) is 7.63. The summed E-state index contributed by atoms with van der Waals surface area (Å²) >= 11 is 0. The number of anilines is 1. The van der Waals surface area contributed by atoms with Crippen molar-refractivity contribution >= 4 is 11.6 Å². The first-order valence-corrected chi connectivity index (χ1v) is 5.55. The summed E-state index contributed by atoms with van der Waals surface area (Å²) in [5.41, 5.74) is 1.70. The number of aromatic nitrogens is 1. The van der Waals surface area contributed by atoms with Gasteiger partial charge in [-0.05, 0) is 30.4 Å². The van der Waals surface area contributed by atoms with Crippen LogP contribution in [0.3, 0.4) is 0 Å². The van der Waals surface area contributed by atoms with Crippen LogP contribution in [0.5, 0.6) is 0 Å². The van der Waals surface area contributed by atoms with E-state index >= 15 is 0 Å². The molecule has 1 aliphatic rings. The van der Waals surface area contributed by atoms with Crippen molar-refractivity contribution in [1.29, 1.82) is 0 Å². The van der Waals surface area contributed by atoms with Crippen LogP contribution in [0.1, 0.15) is 30.3 Å². The van der Waals surface area contributed by atoms with Gasteiger partial charge in [0, 0.05) is 25.5 Å². The van der Waals surface area contributed by atoms with E-state index in [-0.39, 0.29) is 5.91 Å². The molecular formula is C12H17N3O. The highest BCUT2D eigenvalue weighted by atomic mass is 16.1. The van der Waals surface area contributed by atoms with Crippen molar-refractivity contribution in [3.8, 4) is 0 Å². The topological polar surface area (TPSA) is 54.0 Å². The van der Waals surface area contributed by atoms with Crippen LogP contribution in [0.15, 0.2) is 18.3 Å². The standard InChI is InChI=1S/C12H17N3O/c1-12(4-5-12)8-15-11(16)10-7-9(13-2)3-6-14-10/h3,6-7H,4-5,8H2,1-2H3,(H,13,14)(H,15,16). The van der Waals surface area contributed by atoms with Gasteiger partial charge >= 0.3 is 0 Å². The lowest BCUT2D eigenvalue weighted by Crippen LogP contribution is -2.29. The summed E-state index contributed by atoms with van der Waals surface area (Å²) in [5, 5.41) is 5.91. The van der Waals surface area contributed by atoms with Crippen LogP contribution < -0.4 is 10.6 Å². The molecule has 1 fully saturated rings. The van der Waals surface area contributed by atoms with Gasteiger partial charge < -0.3 is 10.6 Å². The molecule has 2 rings (SSSR count). The molecule has 1 amide bonds. The molecule has 86 valence electrons. The fraction of sp³-hybridized carbons (Fsp3) is 0.500. The minimum atomic E-state index is -0.0924. The number of nitrogens with one attached hydrogen (secondary N) is 2. The van der Waals surface area contributed by atoms with E-state index < -0.39 is 0 Å². The molecule has 0 radical (unpaired) electrons. The molecule has 1 aromatic heterocycles. The highest BCUT2D eigenvalue weighted by Crippen LogP contribution is 2.44. The maximum absolute atomic E-state index is 11.8. The molecule has 4 nitrogen and oxygen atoms in total. The van der Waals surface area contributed by atoms with Crippen LogP contribution in [0.2, 0.25) is 0 Å². The first kappa shape index (κ1) is 10.9. The van der Waals surface area contributed by atoms with Gasteiger partial charge in [0.1, 0.15) is 5.69 Å². The zero-order valence-electron chi connectivity index (χ0n) is 9.71. The number of carbonyl (C=O) groups is 1. The van der Waals surface area contributed by atoms with Gasteiger partial charge in [-0.3, -0.25) is 9.78 Å². The van der Waals surface area contributed by atoms with Crippen LogP contribution in [0.4, 0.5) is 5.69 Å². The average molecular weight is 219 g/mol. The lowest BCUT2D eigenvalue weighted by atomic mass is 10.1. The summed E-state index contributed by atoms with van der Waals surface area (Å²) in [6.07, 6.45) is 4.05. The number of hydrogen-bond acceptors (Lipinski definition) is 3. The Morgan fingerprint density at radius 3 is 2.94 bits per heavy atom. The molecule has 0 unspecified atom stereocenters. The summed E-state index contributed by atoms with van der Waals surface area (Å²) < 4.78 is 0. The van der Waals surface area contributed by atoms with Crippen molar-refractivity contribution in [3.63, 3.8) is 0 Å². The van der Waals surface area contributed by atoms with Gasteiger partial charge in [0.15, 0.2) is 0 Å². The highest BCUT2D eigenvalue weighted by molar-refractivity contribution is 5.93. The number of amides is 1. The van der Waals surface area contributed by atoms with Crippen LogP contribution in [0.25, 0.3) is 0 Å². The Bertz CT molecular complexity index is 399. The second-order valence-corrected chi connectivity index (χ2v) is 4.67. The van der Waals surface area contributed by atoms with Gasteiger partial charge in [0.25, 0.3) is 5.91 Å². The summed E-state index contributed by atoms with van der Waals surface area (Å²) in [5.74, 6) is -0.0924. The predicted molar refractivity (Wildman–Crippen MR) is 63.5 cm³/mol. The van der Waals surface area contributed by atoms with Crippen LogP contribution in [-0.4, -0.2) is 24.5 Å². The van der Waals surface area contributed by atoms with E-state index in [1.54, 1.807) is 12.3 Å². The minimum absolute atomic E-state index is 0.0924. The monoisotopic (exact) mass is 219 g/mol. The van der Waals surface area contributed by atoms with Crippen molar-refractivity contribution < 1.29 is 4.79 Å². The molecule has 0 aromatic carbocycles. The van der Waals surface area contributed by atoms with E-state index in [0.29, 0.717) is 11.1 Å². The number of rotatable bonds is 4. The Hall–Kier alpha value is -1.58. The van der Waals surface area contributed by atoms with Crippen LogP contribution in [-0.2, 0) is 0 Å². The zero-order chi connectivity index (χ0) is 11.6. The maximum Gasteiger partial charge on any atom is 0.269 e. The fourth-order valence-corrected chi connectivity index (χ4v) is 1.48. The molecule has 16 heavy (non-hydrogen) atoms. The molecule has 1 saturated carbocycles. The van der Waals surface area contributed by atoms with E-state index in [4.69, 9.17) is 0 Å². The summed E-state index contributed by atoms with van der Waals surface area (Å²) in [6, 6.07) is 3.59. The maximum atomic E-state index is 11.8. The molecule has 0 bridgehead atoms. The molecule has 0 aliphatic heterocycles. The predicted octanol–water partition coefficient (Wildman–Crippen LogP) is 1.65. The van der Waals surface area contributed by atoms with Crippen molar-refractivity contribution in [1.82, 2.24) is 10.3 Å². The number of nitrogens with zero attached hydrogens (tertiary/aromatic N) is 1. The lowest BCUT2D eigenvalue weighted by Gasteiger charge is -2.10. The van der Waals surface area contributed by atoms with E-state index in [2.05, 4.69) is 22.5 Å². The quantitative estimate of drug-likeness (QED) is 0.809. The third-order valence-electron chi connectivity index (χ3n) is 3.06. The van der Waals surface area contributed by atoms with Crippen LogP contribution >= 0.6 is 0 Å². The van der Waals surface area contributed by atoms with E-state index in [1.807, 2.05) is 13.1 Å². The summed E-state index contributed by atoms with van der Waals surface area (Å²) in [4.78, 5) is 15.8. The molecule has 1 heterocycles. The Morgan fingerprint density at radius 2 is 2.31 bits per heavy atom. The third-order valence-corrected chi connectivity index (χ3v) is 3.06. The lowest BCUT2D eigenvalue weighted by molar-refractivity contribution is 0.0941. The van der Waals surface area contributed by atoms with Gasteiger partial charge in [0.2, 0.25) is 0 Å². The van der Waals surface area contributed by atoms with E-state index in [1.165, 1.54) is 12.8 Å². The Labute approximate surface area is 95.5 Å². The van der Waals surface area contributed by atoms with Gasteiger partial charge in [-0.25, -0.2) is 0 Å². The van der Waals surface area contributed by atoms with Gasteiger partial charge in [-0.15, -0.1) is 0 Å². The summed E-state index contributed by atoms with van der Waals surface area (Å²) in [6.45, 7) is 2.93. The number of hydrogen-bond donors (Lipinski definition) is 2. The Morgan fingerprint density at radius 1 is 1.56 bits per heavy atom. The molecule has 4 heteroatoms. The molecule has 0 saturated heterocycles. The van der Waals surface area contributed by atoms with Gasteiger partial charge in [0.05, 0.1) is 0 Å². The van der Waals surface area contributed by atoms with Crippen molar-refractivity contribution in [3.05, 3.63) is 24.0 Å². The number of pyridine rings is 1. The highest BCUT2D eigenvalue weighted by Gasteiger charge is 2.37. The normalized spacial score (nSPS) is 16.6.